The van der Waals surface area contributed by atoms with E-state index in [1.165, 1.54) is 0 Å². The number of aliphatic hydroxyl groups is 1. The summed E-state index contributed by atoms with van der Waals surface area (Å²) in [4.78, 5) is 18.5. The van der Waals surface area contributed by atoms with Gasteiger partial charge in [-0.25, -0.2) is 0 Å². The van der Waals surface area contributed by atoms with Gasteiger partial charge in [0.25, 0.3) is 5.91 Å². The van der Waals surface area contributed by atoms with Gasteiger partial charge in [-0.15, -0.1) is 0 Å². The Morgan fingerprint density at radius 3 is 2.76 bits per heavy atom. The van der Waals surface area contributed by atoms with E-state index in [4.69, 9.17) is 9.84 Å². The number of aliphatic hydroxyl groups excluding tert-OH is 1. The molecule has 2 aromatic rings. The fraction of sp³-hybridized carbons (Fsp3) is 0.250. The number of anilines is 1. The van der Waals surface area contributed by atoms with E-state index in [-0.39, 0.29) is 18.9 Å². The second-order valence-electron chi connectivity index (χ2n) is 4.83. The number of benzene rings is 1. The maximum absolute atomic E-state index is 12.5. The first-order valence-electron chi connectivity index (χ1n) is 6.87. The van der Waals surface area contributed by atoms with Crippen LogP contribution < -0.4 is 9.64 Å². The Balaban J connectivity index is 1.94. The molecule has 1 aliphatic heterocycles. The highest BCUT2D eigenvalue weighted by Crippen LogP contribution is 2.35. The Morgan fingerprint density at radius 1 is 1.19 bits per heavy atom. The molecule has 0 radical (unpaired) electrons. The van der Waals surface area contributed by atoms with Gasteiger partial charge in [0.05, 0.1) is 17.9 Å². The van der Waals surface area contributed by atoms with Gasteiger partial charge < -0.3 is 9.84 Å². The van der Waals surface area contributed by atoms with Crippen molar-refractivity contribution >= 4 is 11.6 Å². The van der Waals surface area contributed by atoms with Crippen LogP contribution >= 0.6 is 0 Å². The number of hydrogen-bond donors (Lipinski definition) is 1. The summed E-state index contributed by atoms with van der Waals surface area (Å²) in [5, 5.41) is 9.10. The molecule has 1 amide bonds. The molecule has 1 aliphatic rings. The van der Waals surface area contributed by atoms with Gasteiger partial charge in [-0.1, -0.05) is 18.2 Å². The van der Waals surface area contributed by atoms with Crippen molar-refractivity contribution < 1.29 is 14.6 Å². The van der Waals surface area contributed by atoms with Gasteiger partial charge in [0.1, 0.15) is 5.75 Å². The van der Waals surface area contributed by atoms with E-state index < -0.39 is 6.10 Å². The van der Waals surface area contributed by atoms with E-state index in [1.54, 1.807) is 11.1 Å². The number of nitrogens with zero attached hydrogens (tertiary/aromatic N) is 2. The molecule has 0 aliphatic carbocycles. The van der Waals surface area contributed by atoms with Crippen LogP contribution in [0.4, 0.5) is 5.69 Å². The number of aromatic nitrogens is 1. The predicted octanol–water partition coefficient (Wildman–Crippen LogP) is 1.76. The van der Waals surface area contributed by atoms with Gasteiger partial charge >= 0.3 is 0 Å². The summed E-state index contributed by atoms with van der Waals surface area (Å²) in [6.07, 6.45) is 1.34. The Labute approximate surface area is 122 Å². The van der Waals surface area contributed by atoms with Gasteiger partial charge in [-0.05, 0) is 24.3 Å². The molecule has 21 heavy (non-hydrogen) atoms. The predicted molar refractivity (Wildman–Crippen MR) is 78.0 cm³/mol. The summed E-state index contributed by atoms with van der Waals surface area (Å²) in [6.45, 7) is 0.304. The Bertz CT molecular complexity index is 630. The second kappa shape index (κ2) is 5.93. The third kappa shape index (κ3) is 2.73. The van der Waals surface area contributed by atoms with Crippen LogP contribution in [0.5, 0.6) is 5.75 Å². The average molecular weight is 284 g/mol. The molecule has 3 rings (SSSR count). The van der Waals surface area contributed by atoms with Crippen molar-refractivity contribution in [1.82, 2.24) is 4.98 Å². The van der Waals surface area contributed by atoms with Gasteiger partial charge in [0.15, 0.2) is 6.10 Å². The molecule has 1 aromatic carbocycles. The number of carbonyl (C=O) groups is 1. The number of ether oxygens (including phenoxy) is 1. The molecule has 1 aromatic heterocycles. The van der Waals surface area contributed by atoms with Crippen LogP contribution in [0.1, 0.15) is 12.1 Å². The van der Waals surface area contributed by atoms with Crippen LogP contribution in [0, 0.1) is 0 Å². The van der Waals surface area contributed by atoms with Crippen LogP contribution in [-0.2, 0) is 11.3 Å². The third-order valence-electron chi connectivity index (χ3n) is 3.40. The molecule has 5 heteroatoms. The quantitative estimate of drug-likeness (QED) is 0.929. The largest absolute Gasteiger partial charge is 0.478 e. The van der Waals surface area contributed by atoms with Crippen LogP contribution in [0.2, 0.25) is 0 Å². The third-order valence-corrected chi connectivity index (χ3v) is 3.40. The Morgan fingerprint density at radius 2 is 2.00 bits per heavy atom. The number of pyridine rings is 1. The molecule has 1 atom stereocenters. The highest BCUT2D eigenvalue weighted by Gasteiger charge is 2.33. The minimum atomic E-state index is -0.645. The first kappa shape index (κ1) is 13.6. The van der Waals surface area contributed by atoms with Gasteiger partial charge in [0.2, 0.25) is 0 Å². The fourth-order valence-electron chi connectivity index (χ4n) is 2.39. The van der Waals surface area contributed by atoms with Crippen LogP contribution in [0.15, 0.2) is 48.7 Å². The smallest absolute Gasteiger partial charge is 0.268 e. The second-order valence-corrected chi connectivity index (χ2v) is 4.83. The lowest BCUT2D eigenvalue weighted by atomic mass is 10.1. The molecule has 0 fully saturated rings. The van der Waals surface area contributed by atoms with E-state index in [0.717, 1.165) is 11.4 Å². The van der Waals surface area contributed by atoms with Crippen molar-refractivity contribution in [3.05, 3.63) is 54.4 Å². The van der Waals surface area contributed by atoms with Crippen molar-refractivity contribution in [1.29, 1.82) is 0 Å². The number of hydrogen-bond acceptors (Lipinski definition) is 4. The lowest BCUT2D eigenvalue weighted by Crippen LogP contribution is -2.46. The maximum Gasteiger partial charge on any atom is 0.268 e. The van der Waals surface area contributed by atoms with Crippen LogP contribution in [0.3, 0.4) is 0 Å². The summed E-state index contributed by atoms with van der Waals surface area (Å²) in [7, 11) is 0. The SMILES string of the molecule is O=C1C(CCO)Oc2ccccc2N1Cc1ccccn1. The van der Waals surface area contributed by atoms with Crippen LogP contribution in [0.25, 0.3) is 0 Å². The van der Waals surface area contributed by atoms with Crippen molar-refractivity contribution in [2.75, 3.05) is 11.5 Å². The van der Waals surface area contributed by atoms with E-state index in [0.29, 0.717) is 12.3 Å². The molecule has 1 N–H and O–H groups in total. The van der Waals surface area contributed by atoms with Gasteiger partial charge in [-0.2, -0.15) is 0 Å². The van der Waals surface area contributed by atoms with Crippen molar-refractivity contribution in [2.24, 2.45) is 0 Å². The first-order valence-corrected chi connectivity index (χ1v) is 6.87. The lowest BCUT2D eigenvalue weighted by Gasteiger charge is -2.34. The molecule has 0 saturated carbocycles. The normalized spacial score (nSPS) is 17.3. The molecule has 0 spiro atoms. The van der Waals surface area contributed by atoms with Gasteiger partial charge in [-0.3, -0.25) is 14.7 Å². The molecule has 0 saturated heterocycles. The van der Waals surface area contributed by atoms with Crippen molar-refractivity contribution in [2.45, 2.75) is 19.1 Å². The van der Waals surface area contributed by atoms with E-state index in [1.807, 2.05) is 42.5 Å². The zero-order valence-corrected chi connectivity index (χ0v) is 11.5. The Kier molecular flexibility index (Phi) is 3.83. The number of rotatable bonds is 4. The maximum atomic E-state index is 12.5. The zero-order valence-electron chi connectivity index (χ0n) is 11.5. The molecule has 2 heterocycles. The number of carbonyl (C=O) groups excluding carboxylic acids is 1. The molecular weight excluding hydrogens is 268 g/mol. The number of amides is 1. The minimum Gasteiger partial charge on any atom is -0.478 e. The minimum absolute atomic E-state index is 0.0873. The number of para-hydroxylation sites is 2. The molecule has 5 nitrogen and oxygen atoms in total. The first-order chi connectivity index (χ1) is 10.3. The monoisotopic (exact) mass is 284 g/mol. The summed E-state index contributed by atoms with van der Waals surface area (Å²) >= 11 is 0. The summed E-state index contributed by atoms with van der Waals surface area (Å²) in [5.74, 6) is 0.514. The summed E-state index contributed by atoms with van der Waals surface area (Å²) in [6, 6.07) is 13.0. The van der Waals surface area contributed by atoms with Crippen LogP contribution in [-0.4, -0.2) is 28.7 Å². The molecule has 0 bridgehead atoms. The zero-order chi connectivity index (χ0) is 14.7. The summed E-state index contributed by atoms with van der Waals surface area (Å²) in [5.41, 5.74) is 1.55. The molecule has 108 valence electrons. The standard InChI is InChI=1S/C16H16N2O3/c19-10-8-15-16(20)18(11-12-5-3-4-9-17-12)13-6-1-2-7-14(13)21-15/h1-7,9,15,19H,8,10-11H2. The number of fused-ring (bicyclic) bond motifs is 1. The molecule has 1 unspecified atom stereocenters. The van der Waals surface area contributed by atoms with E-state index in [9.17, 15) is 4.79 Å². The lowest BCUT2D eigenvalue weighted by molar-refractivity contribution is -0.127. The fourth-order valence-corrected chi connectivity index (χ4v) is 2.39. The highest BCUT2D eigenvalue weighted by molar-refractivity contribution is 5.99. The van der Waals surface area contributed by atoms with E-state index >= 15 is 0 Å². The Hall–Kier alpha value is -2.40. The topological polar surface area (TPSA) is 62.7 Å². The average Bonchev–Trinajstić information content (AvgIpc) is 2.52. The highest BCUT2D eigenvalue weighted by atomic mass is 16.5. The summed E-state index contributed by atoms with van der Waals surface area (Å²) < 4.78 is 5.68. The van der Waals surface area contributed by atoms with E-state index in [2.05, 4.69) is 4.98 Å². The molecular formula is C16H16N2O3. The van der Waals surface area contributed by atoms with Crippen molar-refractivity contribution in [3.8, 4) is 5.75 Å². The van der Waals surface area contributed by atoms with Crippen molar-refractivity contribution in [3.63, 3.8) is 0 Å². The van der Waals surface area contributed by atoms with Gasteiger partial charge in [0, 0.05) is 19.2 Å².